The fraction of sp³-hybridized carbons (Fsp3) is 0.400. The van der Waals surface area contributed by atoms with Gasteiger partial charge >= 0.3 is 6.18 Å². The van der Waals surface area contributed by atoms with Crippen LogP contribution in [0.3, 0.4) is 0 Å². The van der Waals surface area contributed by atoms with Crippen molar-refractivity contribution in [3.8, 4) is 0 Å². The highest BCUT2D eigenvalue weighted by Gasteiger charge is 2.36. The van der Waals surface area contributed by atoms with Gasteiger partial charge in [0.25, 0.3) is 0 Å². The molecule has 13 heteroatoms. The number of anilines is 4. The van der Waals surface area contributed by atoms with Crippen molar-refractivity contribution in [3.63, 3.8) is 0 Å². The third kappa shape index (κ3) is 5.68. The second-order valence-electron chi connectivity index (χ2n) is 9.18. The number of alkyl halides is 3. The first-order valence-corrected chi connectivity index (χ1v) is 14.1. The Morgan fingerprint density at radius 3 is 2.34 bits per heavy atom. The zero-order chi connectivity index (χ0) is 26.9. The molecule has 0 unspecified atom stereocenters. The Morgan fingerprint density at radius 1 is 0.947 bits per heavy atom. The molecule has 5 rings (SSSR count). The molecule has 1 aromatic carbocycles. The lowest BCUT2D eigenvalue weighted by molar-refractivity contribution is -0.137. The van der Waals surface area contributed by atoms with Gasteiger partial charge in [-0.05, 0) is 42.8 Å². The number of nitrogens with zero attached hydrogens (tertiary/aromatic N) is 5. The highest BCUT2D eigenvalue weighted by Crippen LogP contribution is 2.36. The Hall–Kier alpha value is -3.45. The van der Waals surface area contributed by atoms with E-state index in [0.29, 0.717) is 69.7 Å². The minimum Gasteiger partial charge on any atom is -0.378 e. The number of aromatic nitrogens is 3. The number of morpholine rings is 1. The van der Waals surface area contributed by atoms with Crippen LogP contribution in [0.5, 0.6) is 0 Å². The van der Waals surface area contributed by atoms with Crippen LogP contribution >= 0.6 is 0 Å². The predicted molar refractivity (Wildman–Crippen MR) is 137 cm³/mol. The number of ether oxygens (including phenoxy) is 1. The van der Waals surface area contributed by atoms with Crippen molar-refractivity contribution < 1.29 is 26.3 Å². The van der Waals surface area contributed by atoms with E-state index in [0.717, 1.165) is 23.6 Å². The van der Waals surface area contributed by atoms with E-state index in [1.165, 1.54) is 24.4 Å². The summed E-state index contributed by atoms with van der Waals surface area (Å²) in [4.78, 5) is 17.5. The Kier molecular flexibility index (Phi) is 7.14. The van der Waals surface area contributed by atoms with Crippen molar-refractivity contribution in [3.05, 3.63) is 59.4 Å². The standard InChI is InChI=1S/C25H27F3N6O3S/c1-38(35,36)18-6-4-17(5-7-18)30-22-19-8-11-33(23-20(25(26,27)28)3-2-10-29-23)12-9-21(19)31-24(32-22)34-13-15-37-16-14-34/h2-7,10H,8-9,11-16H2,1H3,(H,30,31,32). The molecule has 0 bridgehead atoms. The molecule has 0 radical (unpaired) electrons. The van der Waals surface area contributed by atoms with Gasteiger partial charge in [-0.1, -0.05) is 0 Å². The maximum atomic E-state index is 13.7. The van der Waals surface area contributed by atoms with E-state index in [1.54, 1.807) is 17.0 Å². The number of fused-ring (bicyclic) bond motifs is 1. The zero-order valence-electron chi connectivity index (χ0n) is 20.7. The maximum Gasteiger partial charge on any atom is 0.419 e. The van der Waals surface area contributed by atoms with Gasteiger partial charge in [-0.25, -0.2) is 18.4 Å². The number of nitrogens with one attached hydrogen (secondary N) is 1. The molecule has 0 atom stereocenters. The molecule has 2 aliphatic heterocycles. The van der Waals surface area contributed by atoms with Gasteiger partial charge in [0.05, 0.1) is 29.4 Å². The molecule has 1 N–H and O–H groups in total. The summed E-state index contributed by atoms with van der Waals surface area (Å²) in [7, 11) is -3.34. The molecule has 0 amide bonds. The number of hydrogen-bond acceptors (Lipinski definition) is 9. The van der Waals surface area contributed by atoms with Crippen molar-refractivity contribution in [2.24, 2.45) is 0 Å². The Morgan fingerprint density at radius 2 is 1.66 bits per heavy atom. The Bertz CT molecular complexity index is 1410. The smallest absolute Gasteiger partial charge is 0.378 e. The van der Waals surface area contributed by atoms with E-state index >= 15 is 0 Å². The van der Waals surface area contributed by atoms with Crippen LogP contribution in [0.1, 0.15) is 16.8 Å². The van der Waals surface area contributed by atoms with Gasteiger partial charge in [-0.3, -0.25) is 0 Å². The molecule has 2 aliphatic rings. The maximum absolute atomic E-state index is 13.7. The number of benzene rings is 1. The van der Waals surface area contributed by atoms with Crippen molar-refractivity contribution in [2.45, 2.75) is 23.9 Å². The van der Waals surface area contributed by atoms with E-state index in [9.17, 15) is 21.6 Å². The van der Waals surface area contributed by atoms with Crippen LogP contribution in [0.25, 0.3) is 0 Å². The monoisotopic (exact) mass is 548 g/mol. The minimum atomic E-state index is -4.52. The highest BCUT2D eigenvalue weighted by atomic mass is 32.2. The topological polar surface area (TPSA) is 101 Å². The number of rotatable bonds is 5. The van der Waals surface area contributed by atoms with Crippen LogP contribution in [0.2, 0.25) is 0 Å². The molecule has 1 fully saturated rings. The van der Waals surface area contributed by atoms with E-state index in [1.807, 2.05) is 4.90 Å². The lowest BCUT2D eigenvalue weighted by Gasteiger charge is -2.28. The average molecular weight is 549 g/mol. The van der Waals surface area contributed by atoms with Gasteiger partial charge in [0, 0.05) is 56.3 Å². The van der Waals surface area contributed by atoms with E-state index in [-0.39, 0.29) is 10.7 Å². The van der Waals surface area contributed by atoms with Crippen LogP contribution in [0.15, 0.2) is 47.5 Å². The average Bonchev–Trinajstić information content (AvgIpc) is 3.11. The summed E-state index contributed by atoms with van der Waals surface area (Å²) >= 11 is 0. The van der Waals surface area contributed by atoms with Crippen molar-refractivity contribution >= 4 is 33.1 Å². The highest BCUT2D eigenvalue weighted by molar-refractivity contribution is 7.90. The van der Waals surface area contributed by atoms with Crippen LogP contribution in [-0.4, -0.2) is 69.0 Å². The van der Waals surface area contributed by atoms with E-state index < -0.39 is 21.6 Å². The first-order chi connectivity index (χ1) is 18.1. The number of pyridine rings is 1. The zero-order valence-corrected chi connectivity index (χ0v) is 21.5. The number of sulfone groups is 1. The summed E-state index contributed by atoms with van der Waals surface area (Å²) in [6.45, 7) is 2.95. The molecule has 202 valence electrons. The fourth-order valence-electron chi connectivity index (χ4n) is 4.60. The van der Waals surface area contributed by atoms with Crippen molar-refractivity contribution in [1.82, 2.24) is 15.0 Å². The first kappa shape index (κ1) is 26.2. The van der Waals surface area contributed by atoms with Crippen molar-refractivity contribution in [2.75, 3.05) is 60.8 Å². The summed E-state index contributed by atoms with van der Waals surface area (Å²) in [5, 5.41) is 3.29. The molecule has 0 spiro atoms. The van der Waals surface area contributed by atoms with Gasteiger partial charge in [-0.15, -0.1) is 0 Å². The summed E-state index contributed by atoms with van der Waals surface area (Å²) in [6.07, 6.45) is -1.20. The van der Waals surface area contributed by atoms with Gasteiger partial charge in [-0.2, -0.15) is 18.2 Å². The lowest BCUT2D eigenvalue weighted by Crippen LogP contribution is -2.37. The second kappa shape index (κ2) is 10.4. The molecule has 9 nitrogen and oxygen atoms in total. The second-order valence-corrected chi connectivity index (χ2v) is 11.2. The first-order valence-electron chi connectivity index (χ1n) is 12.2. The summed E-state index contributed by atoms with van der Waals surface area (Å²) in [5.41, 5.74) is 1.43. The van der Waals surface area contributed by atoms with Gasteiger partial charge in [0.15, 0.2) is 9.84 Å². The third-order valence-electron chi connectivity index (χ3n) is 6.56. The lowest BCUT2D eigenvalue weighted by atomic mass is 10.1. The third-order valence-corrected chi connectivity index (χ3v) is 7.69. The minimum absolute atomic E-state index is 0.0972. The Balaban J connectivity index is 1.49. The van der Waals surface area contributed by atoms with Crippen LogP contribution in [0, 0.1) is 0 Å². The molecule has 3 aromatic rings. The SMILES string of the molecule is CS(=O)(=O)c1ccc(Nc2nc(N3CCOCC3)nc3c2CCN(c2ncccc2C(F)(F)F)CC3)cc1. The summed E-state index contributed by atoms with van der Waals surface area (Å²) in [5.74, 6) is 0.965. The molecular weight excluding hydrogens is 521 g/mol. The van der Waals surface area contributed by atoms with Crippen LogP contribution in [-0.2, 0) is 33.6 Å². The normalized spacial score (nSPS) is 16.6. The summed E-state index contributed by atoms with van der Waals surface area (Å²) in [6, 6.07) is 8.68. The largest absolute Gasteiger partial charge is 0.419 e. The van der Waals surface area contributed by atoms with Gasteiger partial charge in [0.1, 0.15) is 11.6 Å². The van der Waals surface area contributed by atoms with Crippen LogP contribution in [0.4, 0.5) is 36.4 Å². The summed E-state index contributed by atoms with van der Waals surface area (Å²) < 4.78 is 70.2. The molecule has 0 saturated carbocycles. The van der Waals surface area contributed by atoms with Gasteiger partial charge in [0.2, 0.25) is 5.95 Å². The Labute approximate surface area is 218 Å². The van der Waals surface area contributed by atoms with Gasteiger partial charge < -0.3 is 19.9 Å². The predicted octanol–water partition coefficient (Wildman–Crippen LogP) is 3.48. The number of hydrogen-bond donors (Lipinski definition) is 1. The van der Waals surface area contributed by atoms with Crippen LogP contribution < -0.4 is 15.1 Å². The molecule has 1 saturated heterocycles. The molecule has 2 aromatic heterocycles. The van der Waals surface area contributed by atoms with E-state index in [2.05, 4.69) is 10.3 Å². The molecule has 38 heavy (non-hydrogen) atoms. The quantitative estimate of drug-likeness (QED) is 0.514. The molecular formula is C25H27F3N6O3S. The van der Waals surface area contributed by atoms with E-state index in [4.69, 9.17) is 14.7 Å². The molecule has 4 heterocycles. The molecule has 0 aliphatic carbocycles. The fourth-order valence-corrected chi connectivity index (χ4v) is 5.23. The van der Waals surface area contributed by atoms with Crippen molar-refractivity contribution in [1.29, 1.82) is 0 Å². The number of halogens is 3.